The number of halogens is 1. The van der Waals surface area contributed by atoms with Gasteiger partial charge in [0.05, 0.1) is 5.75 Å². The quantitative estimate of drug-likeness (QED) is 0.758. The van der Waals surface area contributed by atoms with Gasteiger partial charge in [0.2, 0.25) is 11.0 Å². The third-order valence-electron chi connectivity index (χ3n) is 3.91. The summed E-state index contributed by atoms with van der Waals surface area (Å²) in [5.74, 6) is 0.277. The smallest absolute Gasteiger partial charge is 0.254 e. The maximum atomic E-state index is 12.6. The Morgan fingerprint density at radius 1 is 1.27 bits per heavy atom. The molecule has 1 aromatic carbocycles. The van der Waals surface area contributed by atoms with Crippen LogP contribution < -0.4 is 10.2 Å². The first-order chi connectivity index (χ1) is 12.6. The summed E-state index contributed by atoms with van der Waals surface area (Å²) < 4.78 is 0.765. The molecule has 0 saturated carbocycles. The molecule has 0 atom stereocenters. The van der Waals surface area contributed by atoms with Crippen molar-refractivity contribution in [3.05, 3.63) is 34.9 Å². The van der Waals surface area contributed by atoms with E-state index in [2.05, 4.69) is 20.4 Å². The van der Waals surface area contributed by atoms with Gasteiger partial charge in [-0.3, -0.25) is 9.59 Å². The Morgan fingerprint density at radius 2 is 2.04 bits per heavy atom. The number of benzene rings is 1. The van der Waals surface area contributed by atoms with Gasteiger partial charge in [-0.15, -0.1) is 10.2 Å². The van der Waals surface area contributed by atoms with E-state index in [9.17, 15) is 9.59 Å². The van der Waals surface area contributed by atoms with Crippen molar-refractivity contribution in [1.82, 2.24) is 20.4 Å². The number of rotatable bonds is 5. The Labute approximate surface area is 164 Å². The highest BCUT2D eigenvalue weighted by atomic mass is 35.5. The van der Waals surface area contributed by atoms with Gasteiger partial charge in [-0.1, -0.05) is 40.8 Å². The van der Waals surface area contributed by atoms with Gasteiger partial charge in [0.1, 0.15) is 0 Å². The van der Waals surface area contributed by atoms with Crippen molar-refractivity contribution < 1.29 is 9.59 Å². The number of nitrogens with one attached hydrogen (secondary N) is 1. The summed E-state index contributed by atoms with van der Waals surface area (Å²) in [6.45, 7) is 2.62. The van der Waals surface area contributed by atoms with E-state index in [1.54, 1.807) is 31.3 Å². The molecule has 138 valence electrons. The molecule has 1 fully saturated rings. The number of carbonyl (C=O) groups excluding carboxylic acids is 2. The molecule has 0 radical (unpaired) electrons. The summed E-state index contributed by atoms with van der Waals surface area (Å²) in [5, 5.41) is 12.3. The molecule has 3 rings (SSSR count). The average Bonchev–Trinajstić information content (AvgIpc) is 3.14. The van der Waals surface area contributed by atoms with Crippen LogP contribution in [0.4, 0.5) is 5.13 Å². The molecule has 1 N–H and O–H groups in total. The van der Waals surface area contributed by atoms with Crippen molar-refractivity contribution in [2.75, 3.05) is 43.9 Å². The van der Waals surface area contributed by atoms with Gasteiger partial charge in [-0.25, -0.2) is 0 Å². The van der Waals surface area contributed by atoms with Gasteiger partial charge < -0.3 is 15.1 Å². The summed E-state index contributed by atoms with van der Waals surface area (Å²) in [6.07, 6.45) is 0. The third kappa shape index (κ3) is 4.66. The molecule has 10 heteroatoms. The fraction of sp³-hybridized carbons (Fsp3) is 0.375. The van der Waals surface area contributed by atoms with Crippen molar-refractivity contribution >= 4 is 51.6 Å². The minimum atomic E-state index is -0.0418. The maximum Gasteiger partial charge on any atom is 0.254 e. The summed E-state index contributed by atoms with van der Waals surface area (Å²) in [4.78, 5) is 27.8. The Hall–Kier alpha value is -1.84. The normalized spacial score (nSPS) is 14.4. The van der Waals surface area contributed by atoms with Crippen molar-refractivity contribution in [1.29, 1.82) is 0 Å². The monoisotopic (exact) mass is 411 g/mol. The number of piperazine rings is 1. The SMILES string of the molecule is CNC(=O)CSc1nnc(N2CCN(C(=O)c3cccc(Cl)c3)CC2)s1. The van der Waals surface area contributed by atoms with Crippen LogP contribution in [-0.2, 0) is 4.79 Å². The van der Waals surface area contributed by atoms with Gasteiger partial charge in [-0.05, 0) is 18.2 Å². The van der Waals surface area contributed by atoms with Crippen LogP contribution in [0, 0.1) is 0 Å². The van der Waals surface area contributed by atoms with Gasteiger partial charge in [-0.2, -0.15) is 0 Å². The van der Waals surface area contributed by atoms with Gasteiger partial charge >= 0.3 is 0 Å². The lowest BCUT2D eigenvalue weighted by atomic mass is 10.2. The molecule has 2 heterocycles. The van der Waals surface area contributed by atoms with Crippen LogP contribution in [0.15, 0.2) is 28.6 Å². The highest BCUT2D eigenvalue weighted by Crippen LogP contribution is 2.28. The van der Waals surface area contributed by atoms with Crippen LogP contribution in [-0.4, -0.2) is 65.9 Å². The number of carbonyl (C=O) groups is 2. The van der Waals surface area contributed by atoms with Gasteiger partial charge in [0.15, 0.2) is 4.34 Å². The second-order valence-electron chi connectivity index (χ2n) is 5.60. The first-order valence-electron chi connectivity index (χ1n) is 8.03. The lowest BCUT2D eigenvalue weighted by molar-refractivity contribution is -0.118. The molecule has 1 aliphatic rings. The number of hydrogen-bond donors (Lipinski definition) is 1. The van der Waals surface area contributed by atoms with E-state index in [0.717, 1.165) is 9.47 Å². The minimum absolute atomic E-state index is 0.00811. The molecule has 7 nitrogen and oxygen atoms in total. The summed E-state index contributed by atoms with van der Waals surface area (Å²) in [5.41, 5.74) is 0.606. The second kappa shape index (κ2) is 8.70. The number of anilines is 1. The number of aromatic nitrogens is 2. The molecule has 2 amide bonds. The Bertz CT molecular complexity index is 792. The molecule has 2 aromatic rings. The fourth-order valence-corrected chi connectivity index (χ4v) is 4.45. The van der Waals surface area contributed by atoms with Crippen LogP contribution in [0.3, 0.4) is 0 Å². The molecule has 1 aliphatic heterocycles. The number of amides is 2. The molecular weight excluding hydrogens is 394 g/mol. The molecule has 0 spiro atoms. The van der Waals surface area contributed by atoms with Crippen molar-refractivity contribution in [2.45, 2.75) is 4.34 Å². The van der Waals surface area contributed by atoms with E-state index < -0.39 is 0 Å². The number of nitrogens with zero attached hydrogens (tertiary/aromatic N) is 4. The number of hydrogen-bond acceptors (Lipinski definition) is 7. The lowest BCUT2D eigenvalue weighted by Gasteiger charge is -2.34. The minimum Gasteiger partial charge on any atom is -0.358 e. The zero-order valence-electron chi connectivity index (χ0n) is 14.1. The molecule has 26 heavy (non-hydrogen) atoms. The molecule has 1 aromatic heterocycles. The van der Waals surface area contributed by atoms with E-state index in [0.29, 0.717) is 42.5 Å². The first kappa shape index (κ1) is 18.9. The van der Waals surface area contributed by atoms with Crippen LogP contribution in [0.5, 0.6) is 0 Å². The van der Waals surface area contributed by atoms with Crippen molar-refractivity contribution in [2.24, 2.45) is 0 Å². The Kier molecular flexibility index (Phi) is 6.33. The van der Waals surface area contributed by atoms with Crippen molar-refractivity contribution in [3.8, 4) is 0 Å². The molecule has 0 bridgehead atoms. The molecule has 1 saturated heterocycles. The maximum absolute atomic E-state index is 12.6. The van der Waals surface area contributed by atoms with Crippen LogP contribution in [0.2, 0.25) is 5.02 Å². The molecular formula is C16H18ClN5O2S2. The first-order valence-corrected chi connectivity index (χ1v) is 10.2. The fourth-order valence-electron chi connectivity index (χ4n) is 2.49. The van der Waals surface area contributed by atoms with E-state index in [-0.39, 0.29) is 11.8 Å². The topological polar surface area (TPSA) is 78.4 Å². The Morgan fingerprint density at radius 3 is 2.73 bits per heavy atom. The summed E-state index contributed by atoms with van der Waals surface area (Å²) >= 11 is 8.80. The van der Waals surface area contributed by atoms with Gasteiger partial charge in [0, 0.05) is 43.8 Å². The van der Waals surface area contributed by atoms with Crippen LogP contribution >= 0.6 is 34.7 Å². The van der Waals surface area contributed by atoms with Crippen LogP contribution in [0.1, 0.15) is 10.4 Å². The zero-order chi connectivity index (χ0) is 18.5. The standard InChI is InChI=1S/C16H18ClN5O2S2/c1-18-13(23)10-25-16-20-19-15(26-16)22-7-5-21(6-8-22)14(24)11-3-2-4-12(17)9-11/h2-4,9H,5-8,10H2,1H3,(H,18,23). The molecule has 0 aliphatic carbocycles. The van der Waals surface area contributed by atoms with E-state index in [4.69, 9.17) is 11.6 Å². The van der Waals surface area contributed by atoms with Crippen molar-refractivity contribution in [3.63, 3.8) is 0 Å². The summed E-state index contributed by atoms with van der Waals surface area (Å²) in [7, 11) is 1.61. The average molecular weight is 412 g/mol. The van der Waals surface area contributed by atoms with Crippen LogP contribution in [0.25, 0.3) is 0 Å². The highest BCUT2D eigenvalue weighted by Gasteiger charge is 2.24. The second-order valence-corrected chi connectivity index (χ2v) is 8.22. The predicted octanol–water partition coefficient (Wildman–Crippen LogP) is 1.99. The van der Waals surface area contributed by atoms with E-state index in [1.807, 2.05) is 4.90 Å². The highest BCUT2D eigenvalue weighted by molar-refractivity contribution is 8.01. The van der Waals surface area contributed by atoms with Gasteiger partial charge in [0.25, 0.3) is 5.91 Å². The van der Waals surface area contributed by atoms with E-state index in [1.165, 1.54) is 23.1 Å². The largest absolute Gasteiger partial charge is 0.358 e. The number of thioether (sulfide) groups is 1. The Balaban J connectivity index is 1.54. The van der Waals surface area contributed by atoms with E-state index >= 15 is 0 Å². The zero-order valence-corrected chi connectivity index (χ0v) is 16.5. The lowest BCUT2D eigenvalue weighted by Crippen LogP contribution is -2.48. The summed E-state index contributed by atoms with van der Waals surface area (Å²) in [6, 6.07) is 7.01. The third-order valence-corrected chi connectivity index (χ3v) is 6.26. The molecule has 0 unspecified atom stereocenters. The predicted molar refractivity (Wildman–Crippen MR) is 104 cm³/mol.